The van der Waals surface area contributed by atoms with E-state index in [2.05, 4.69) is 4.99 Å². The van der Waals surface area contributed by atoms with Gasteiger partial charge in [-0.3, -0.25) is 4.99 Å². The Morgan fingerprint density at radius 1 is 0.941 bits per heavy atom. The highest BCUT2D eigenvalue weighted by Gasteiger charge is 2.39. The van der Waals surface area contributed by atoms with Gasteiger partial charge in [-0.1, -0.05) is 18.2 Å². The summed E-state index contributed by atoms with van der Waals surface area (Å²) in [7, 11) is 0. The Labute approximate surface area is 101 Å². The average molecular weight is 231 g/mol. The standard InChI is InChI=1S/C14H17NO2/c1-2-4-12(5-3-1)15-13-6-8-14(9-7-13)16-10-11-17-14/h1-5H,6-11H2. The second kappa shape index (κ2) is 4.59. The van der Waals surface area contributed by atoms with Crippen LogP contribution in [0.5, 0.6) is 0 Å². The monoisotopic (exact) mass is 231 g/mol. The summed E-state index contributed by atoms with van der Waals surface area (Å²) in [4.78, 5) is 4.68. The molecule has 1 aromatic rings. The Morgan fingerprint density at radius 3 is 2.24 bits per heavy atom. The Bertz CT molecular complexity index is 395. The predicted octanol–water partition coefficient (Wildman–Crippen LogP) is 3.08. The zero-order valence-corrected chi connectivity index (χ0v) is 9.89. The van der Waals surface area contributed by atoms with Gasteiger partial charge in [0.15, 0.2) is 5.79 Å². The predicted molar refractivity (Wildman–Crippen MR) is 66.6 cm³/mol. The van der Waals surface area contributed by atoms with Gasteiger partial charge in [-0.2, -0.15) is 0 Å². The van der Waals surface area contributed by atoms with Crippen LogP contribution in [0.3, 0.4) is 0 Å². The van der Waals surface area contributed by atoms with Gasteiger partial charge in [0, 0.05) is 18.6 Å². The molecular formula is C14H17NO2. The van der Waals surface area contributed by atoms with E-state index < -0.39 is 0 Å². The third-order valence-electron chi connectivity index (χ3n) is 3.45. The fourth-order valence-corrected chi connectivity index (χ4v) is 2.50. The van der Waals surface area contributed by atoms with Crippen LogP contribution in [0.25, 0.3) is 0 Å². The summed E-state index contributed by atoms with van der Waals surface area (Å²) in [6, 6.07) is 10.1. The van der Waals surface area contributed by atoms with Crippen LogP contribution in [0, 0.1) is 0 Å². The van der Waals surface area contributed by atoms with Gasteiger partial charge in [0.2, 0.25) is 0 Å². The normalized spacial score (nSPS) is 22.9. The Balaban J connectivity index is 1.67. The van der Waals surface area contributed by atoms with Crippen LogP contribution < -0.4 is 0 Å². The van der Waals surface area contributed by atoms with Crippen molar-refractivity contribution in [1.82, 2.24) is 0 Å². The largest absolute Gasteiger partial charge is 0.348 e. The fourth-order valence-electron chi connectivity index (χ4n) is 2.50. The first kappa shape index (κ1) is 10.9. The molecule has 0 atom stereocenters. The van der Waals surface area contributed by atoms with Crippen molar-refractivity contribution in [2.45, 2.75) is 31.5 Å². The van der Waals surface area contributed by atoms with Crippen molar-refractivity contribution in [3.8, 4) is 0 Å². The SMILES string of the molecule is c1ccc(N=C2CCC3(CC2)OCCO3)cc1. The van der Waals surface area contributed by atoms with E-state index in [-0.39, 0.29) is 5.79 Å². The van der Waals surface area contributed by atoms with Crippen LogP contribution >= 0.6 is 0 Å². The molecule has 3 rings (SSSR count). The number of rotatable bonds is 1. The van der Waals surface area contributed by atoms with Gasteiger partial charge in [-0.25, -0.2) is 0 Å². The van der Waals surface area contributed by atoms with Crippen LogP contribution in [0.15, 0.2) is 35.3 Å². The Hall–Kier alpha value is -1.19. The number of ether oxygens (including phenoxy) is 2. The lowest BCUT2D eigenvalue weighted by Crippen LogP contribution is -2.35. The van der Waals surface area contributed by atoms with Crippen molar-refractivity contribution in [1.29, 1.82) is 0 Å². The van der Waals surface area contributed by atoms with Crippen molar-refractivity contribution in [2.24, 2.45) is 4.99 Å². The van der Waals surface area contributed by atoms with Crippen molar-refractivity contribution in [2.75, 3.05) is 13.2 Å². The molecule has 0 radical (unpaired) electrons. The lowest BCUT2D eigenvalue weighted by Gasteiger charge is -2.31. The van der Waals surface area contributed by atoms with E-state index in [9.17, 15) is 0 Å². The highest BCUT2D eigenvalue weighted by molar-refractivity contribution is 5.87. The fraction of sp³-hybridized carbons (Fsp3) is 0.500. The highest BCUT2D eigenvalue weighted by Crippen LogP contribution is 2.35. The number of hydrogen-bond acceptors (Lipinski definition) is 3. The van der Waals surface area contributed by atoms with E-state index >= 15 is 0 Å². The van der Waals surface area contributed by atoms with Crippen molar-refractivity contribution >= 4 is 11.4 Å². The van der Waals surface area contributed by atoms with E-state index in [0.29, 0.717) is 0 Å². The number of nitrogens with zero attached hydrogens (tertiary/aromatic N) is 1. The summed E-state index contributed by atoms with van der Waals surface area (Å²) in [5.41, 5.74) is 2.31. The molecule has 2 fully saturated rings. The third-order valence-corrected chi connectivity index (χ3v) is 3.45. The lowest BCUT2D eigenvalue weighted by molar-refractivity contribution is -0.167. The lowest BCUT2D eigenvalue weighted by atomic mass is 9.92. The van der Waals surface area contributed by atoms with E-state index in [0.717, 1.165) is 44.6 Å². The molecule has 1 spiro atoms. The second-order valence-electron chi connectivity index (χ2n) is 4.62. The second-order valence-corrected chi connectivity index (χ2v) is 4.62. The smallest absolute Gasteiger partial charge is 0.169 e. The van der Waals surface area contributed by atoms with Crippen LogP contribution in [-0.2, 0) is 9.47 Å². The molecule has 0 N–H and O–H groups in total. The summed E-state index contributed by atoms with van der Waals surface area (Å²) in [5, 5.41) is 0. The number of para-hydroxylation sites is 1. The van der Waals surface area contributed by atoms with E-state index in [4.69, 9.17) is 9.47 Å². The highest BCUT2D eigenvalue weighted by atomic mass is 16.7. The molecule has 1 saturated heterocycles. The van der Waals surface area contributed by atoms with E-state index in [1.54, 1.807) is 0 Å². The zero-order valence-electron chi connectivity index (χ0n) is 9.89. The summed E-state index contributed by atoms with van der Waals surface area (Å²) in [6.45, 7) is 1.48. The first-order chi connectivity index (χ1) is 8.36. The Kier molecular flexibility index (Phi) is 2.95. The van der Waals surface area contributed by atoms with Gasteiger partial charge in [0.25, 0.3) is 0 Å². The number of benzene rings is 1. The van der Waals surface area contributed by atoms with Crippen LogP contribution in [-0.4, -0.2) is 24.7 Å². The molecule has 90 valence electrons. The molecule has 0 amide bonds. The van der Waals surface area contributed by atoms with Gasteiger partial charge in [-0.05, 0) is 25.0 Å². The quantitative estimate of drug-likeness (QED) is 0.743. The molecule has 1 saturated carbocycles. The molecular weight excluding hydrogens is 214 g/mol. The maximum absolute atomic E-state index is 5.70. The molecule has 0 bridgehead atoms. The molecule has 1 aromatic carbocycles. The van der Waals surface area contributed by atoms with Gasteiger partial charge >= 0.3 is 0 Å². The topological polar surface area (TPSA) is 30.8 Å². The zero-order chi connectivity index (χ0) is 11.6. The molecule has 2 aliphatic rings. The van der Waals surface area contributed by atoms with Crippen LogP contribution in [0.2, 0.25) is 0 Å². The van der Waals surface area contributed by atoms with Crippen molar-refractivity contribution in [3.05, 3.63) is 30.3 Å². The number of hydrogen-bond donors (Lipinski definition) is 0. The molecule has 3 nitrogen and oxygen atoms in total. The van der Waals surface area contributed by atoms with Gasteiger partial charge < -0.3 is 9.47 Å². The minimum Gasteiger partial charge on any atom is -0.348 e. The van der Waals surface area contributed by atoms with Crippen LogP contribution in [0.1, 0.15) is 25.7 Å². The minimum absolute atomic E-state index is 0.282. The van der Waals surface area contributed by atoms with Gasteiger partial charge in [0.05, 0.1) is 18.9 Å². The average Bonchev–Trinajstić information content (AvgIpc) is 2.83. The first-order valence-electron chi connectivity index (χ1n) is 6.26. The van der Waals surface area contributed by atoms with Crippen molar-refractivity contribution < 1.29 is 9.47 Å². The molecule has 0 unspecified atom stereocenters. The Morgan fingerprint density at radius 2 is 1.59 bits per heavy atom. The molecule has 17 heavy (non-hydrogen) atoms. The van der Waals surface area contributed by atoms with Gasteiger partial charge in [0.1, 0.15) is 0 Å². The summed E-state index contributed by atoms with van der Waals surface area (Å²) in [5.74, 6) is -0.282. The van der Waals surface area contributed by atoms with E-state index in [1.807, 2.05) is 30.3 Å². The van der Waals surface area contributed by atoms with Crippen LogP contribution in [0.4, 0.5) is 5.69 Å². The van der Waals surface area contributed by atoms with Gasteiger partial charge in [-0.15, -0.1) is 0 Å². The maximum atomic E-state index is 5.70. The van der Waals surface area contributed by atoms with Crippen molar-refractivity contribution in [3.63, 3.8) is 0 Å². The third kappa shape index (κ3) is 2.40. The molecule has 1 aliphatic carbocycles. The maximum Gasteiger partial charge on any atom is 0.169 e. The molecule has 3 heteroatoms. The van der Waals surface area contributed by atoms with E-state index in [1.165, 1.54) is 5.71 Å². The molecule has 1 aliphatic heterocycles. The minimum atomic E-state index is -0.282. The summed E-state index contributed by atoms with van der Waals surface area (Å²) >= 11 is 0. The first-order valence-corrected chi connectivity index (χ1v) is 6.26. The number of aliphatic imine (C=N–C) groups is 1. The molecule has 1 heterocycles. The summed E-state index contributed by atoms with van der Waals surface area (Å²) < 4.78 is 11.4. The summed E-state index contributed by atoms with van der Waals surface area (Å²) in [6.07, 6.45) is 3.85. The molecule has 0 aromatic heterocycles.